The lowest BCUT2D eigenvalue weighted by Crippen LogP contribution is -2.02. The number of benzene rings is 6. The quantitative estimate of drug-likeness (QED) is 0.146. The lowest BCUT2D eigenvalue weighted by molar-refractivity contribution is 0.388. The second kappa shape index (κ2) is 13.7. The van der Waals surface area contributed by atoms with Crippen LogP contribution in [0.15, 0.2) is 164 Å². The second-order valence-corrected chi connectivity index (χ2v) is 11.0. The molecule has 0 saturated heterocycles. The van der Waals surface area contributed by atoms with Crippen molar-refractivity contribution in [2.24, 2.45) is 0 Å². The Bertz CT molecular complexity index is 1570. The Labute approximate surface area is 249 Å². The first-order valence-electron chi connectivity index (χ1n) is 14.0. The van der Waals surface area contributed by atoms with E-state index in [-0.39, 0.29) is 0 Å². The van der Waals surface area contributed by atoms with E-state index in [2.05, 4.69) is 97.1 Å². The van der Waals surface area contributed by atoms with Crippen molar-refractivity contribution in [3.8, 4) is 28.4 Å². The molecule has 0 heterocycles. The standard InChI is InChI=1S/C38H31O3P/c1-4-10-30(11-5-1)28-32-16-22-36(23-17-32)39-42(41-38-26-20-35(21-27-38)34-14-8-3-9-15-34)40-37-24-18-33(19-25-37)29-31-12-6-2-7-13-31/h1-27H,28-29H2. The third kappa shape index (κ3) is 7.66. The van der Waals surface area contributed by atoms with Crippen LogP contribution in [0.25, 0.3) is 11.1 Å². The van der Waals surface area contributed by atoms with E-state index in [1.807, 2.05) is 66.7 Å². The molecule has 0 radical (unpaired) electrons. The molecular formula is C38H31O3P. The molecule has 4 heteroatoms. The fraction of sp³-hybridized carbons (Fsp3) is 0.0526. The Balaban J connectivity index is 1.17. The van der Waals surface area contributed by atoms with Crippen molar-refractivity contribution in [3.05, 3.63) is 186 Å². The topological polar surface area (TPSA) is 27.7 Å². The monoisotopic (exact) mass is 566 g/mol. The van der Waals surface area contributed by atoms with Crippen molar-refractivity contribution in [1.82, 2.24) is 0 Å². The molecule has 6 aromatic rings. The van der Waals surface area contributed by atoms with Crippen molar-refractivity contribution in [1.29, 1.82) is 0 Å². The van der Waals surface area contributed by atoms with Crippen LogP contribution in [0, 0.1) is 0 Å². The van der Waals surface area contributed by atoms with Gasteiger partial charge in [0.1, 0.15) is 17.2 Å². The predicted molar refractivity (Wildman–Crippen MR) is 172 cm³/mol. The predicted octanol–water partition coefficient (Wildman–Crippen LogP) is 10.3. The molecule has 0 aliphatic heterocycles. The van der Waals surface area contributed by atoms with Crippen molar-refractivity contribution < 1.29 is 13.6 Å². The van der Waals surface area contributed by atoms with Gasteiger partial charge in [0.2, 0.25) is 0 Å². The van der Waals surface area contributed by atoms with E-state index >= 15 is 0 Å². The smallest absolute Gasteiger partial charge is 0.409 e. The van der Waals surface area contributed by atoms with E-state index in [1.54, 1.807) is 0 Å². The Morgan fingerprint density at radius 3 is 1.02 bits per heavy atom. The molecule has 0 saturated carbocycles. The molecule has 0 N–H and O–H groups in total. The van der Waals surface area contributed by atoms with Gasteiger partial charge in [-0.3, -0.25) is 0 Å². The van der Waals surface area contributed by atoms with Crippen LogP contribution in [0.5, 0.6) is 17.2 Å². The second-order valence-electron chi connectivity index (χ2n) is 10.0. The first-order chi connectivity index (χ1) is 20.8. The van der Waals surface area contributed by atoms with Crippen LogP contribution in [-0.4, -0.2) is 0 Å². The largest absolute Gasteiger partial charge is 0.530 e. The maximum absolute atomic E-state index is 6.29. The number of rotatable bonds is 11. The van der Waals surface area contributed by atoms with Gasteiger partial charge in [-0.15, -0.1) is 0 Å². The summed E-state index contributed by atoms with van der Waals surface area (Å²) >= 11 is 0. The van der Waals surface area contributed by atoms with E-state index < -0.39 is 8.60 Å². The molecule has 206 valence electrons. The molecule has 6 aromatic carbocycles. The van der Waals surface area contributed by atoms with Crippen LogP contribution in [-0.2, 0) is 12.8 Å². The zero-order chi connectivity index (χ0) is 28.4. The molecule has 0 bridgehead atoms. The molecule has 0 atom stereocenters. The summed E-state index contributed by atoms with van der Waals surface area (Å²) in [6.07, 6.45) is 1.73. The molecule has 42 heavy (non-hydrogen) atoms. The van der Waals surface area contributed by atoms with E-state index in [9.17, 15) is 0 Å². The lowest BCUT2D eigenvalue weighted by Gasteiger charge is -2.18. The first-order valence-corrected chi connectivity index (χ1v) is 15.1. The zero-order valence-electron chi connectivity index (χ0n) is 23.2. The zero-order valence-corrected chi connectivity index (χ0v) is 24.1. The van der Waals surface area contributed by atoms with Gasteiger partial charge in [-0.2, -0.15) is 0 Å². The van der Waals surface area contributed by atoms with Gasteiger partial charge >= 0.3 is 8.60 Å². The van der Waals surface area contributed by atoms with Gasteiger partial charge in [-0.25, -0.2) is 0 Å². The molecule has 0 unspecified atom stereocenters. The van der Waals surface area contributed by atoms with Gasteiger partial charge in [-0.05, 0) is 82.6 Å². The third-order valence-corrected chi connectivity index (χ3v) is 7.93. The van der Waals surface area contributed by atoms with E-state index in [0.717, 1.165) is 24.0 Å². The fourth-order valence-electron chi connectivity index (χ4n) is 4.65. The van der Waals surface area contributed by atoms with Gasteiger partial charge < -0.3 is 13.6 Å². The molecule has 0 aliphatic rings. The van der Waals surface area contributed by atoms with Gasteiger partial charge in [0, 0.05) is 0 Å². The first kappa shape index (κ1) is 27.3. The average molecular weight is 567 g/mol. The average Bonchev–Trinajstić information content (AvgIpc) is 3.05. The van der Waals surface area contributed by atoms with Gasteiger partial charge in [0.05, 0.1) is 0 Å². The summed E-state index contributed by atoms with van der Waals surface area (Å²) in [5.41, 5.74) is 7.25. The Hall–Kier alpha value is -4.85. The number of hydrogen-bond donors (Lipinski definition) is 0. The van der Waals surface area contributed by atoms with Crippen molar-refractivity contribution in [3.63, 3.8) is 0 Å². The summed E-state index contributed by atoms with van der Waals surface area (Å²) in [5.74, 6) is 2.07. The Kier molecular flexibility index (Phi) is 8.90. The van der Waals surface area contributed by atoms with Crippen LogP contribution in [0.4, 0.5) is 0 Å². The molecule has 0 spiro atoms. The molecule has 3 nitrogen and oxygen atoms in total. The van der Waals surface area contributed by atoms with Gasteiger partial charge in [0.25, 0.3) is 0 Å². The summed E-state index contributed by atoms with van der Waals surface area (Å²) in [6, 6.07) is 55.4. The van der Waals surface area contributed by atoms with E-state index in [0.29, 0.717) is 17.2 Å². The highest BCUT2D eigenvalue weighted by molar-refractivity contribution is 7.43. The minimum Gasteiger partial charge on any atom is -0.409 e. The minimum absolute atomic E-state index is 0.683. The van der Waals surface area contributed by atoms with Crippen LogP contribution >= 0.6 is 8.60 Å². The van der Waals surface area contributed by atoms with E-state index in [4.69, 9.17) is 13.6 Å². The Morgan fingerprint density at radius 1 is 0.310 bits per heavy atom. The number of hydrogen-bond acceptors (Lipinski definition) is 3. The maximum atomic E-state index is 6.29. The molecule has 0 aromatic heterocycles. The highest BCUT2D eigenvalue weighted by Crippen LogP contribution is 2.42. The molecule has 0 amide bonds. The SMILES string of the molecule is c1ccc(Cc2ccc(OP(Oc3ccc(Cc4ccccc4)cc3)Oc3ccc(-c4ccccc4)cc3)cc2)cc1. The van der Waals surface area contributed by atoms with Crippen LogP contribution in [0.2, 0.25) is 0 Å². The molecule has 0 aliphatic carbocycles. The van der Waals surface area contributed by atoms with Crippen molar-refractivity contribution in [2.75, 3.05) is 0 Å². The summed E-state index contributed by atoms with van der Waals surface area (Å²) in [6.45, 7) is 0. The van der Waals surface area contributed by atoms with Gasteiger partial charge in [-0.1, -0.05) is 127 Å². The molecule has 6 rings (SSSR count). The lowest BCUT2D eigenvalue weighted by atomic mass is 10.1. The van der Waals surface area contributed by atoms with Crippen molar-refractivity contribution >= 4 is 8.60 Å². The maximum Gasteiger partial charge on any atom is 0.530 e. The highest BCUT2D eigenvalue weighted by atomic mass is 31.2. The van der Waals surface area contributed by atoms with E-state index in [1.165, 1.54) is 22.3 Å². The van der Waals surface area contributed by atoms with Crippen molar-refractivity contribution in [2.45, 2.75) is 12.8 Å². The summed E-state index contributed by atoms with van der Waals surface area (Å²) in [4.78, 5) is 0. The molecular weight excluding hydrogens is 535 g/mol. The minimum atomic E-state index is -1.77. The molecule has 0 fully saturated rings. The summed E-state index contributed by atoms with van der Waals surface area (Å²) < 4.78 is 18.9. The summed E-state index contributed by atoms with van der Waals surface area (Å²) in [5, 5.41) is 0. The fourth-order valence-corrected chi connectivity index (χ4v) is 5.65. The Morgan fingerprint density at radius 2 is 0.619 bits per heavy atom. The van der Waals surface area contributed by atoms with Gasteiger partial charge in [0.15, 0.2) is 0 Å². The van der Waals surface area contributed by atoms with Crippen LogP contribution in [0.1, 0.15) is 22.3 Å². The summed E-state index contributed by atoms with van der Waals surface area (Å²) in [7, 11) is -1.77. The van der Waals surface area contributed by atoms with Crippen LogP contribution < -0.4 is 13.6 Å². The third-order valence-electron chi connectivity index (χ3n) is 6.85. The highest BCUT2D eigenvalue weighted by Gasteiger charge is 2.20. The van der Waals surface area contributed by atoms with Crippen LogP contribution in [0.3, 0.4) is 0 Å². The normalized spacial score (nSPS) is 10.8.